The molecule has 49 heavy (non-hydrogen) atoms. The summed E-state index contributed by atoms with van der Waals surface area (Å²) >= 11 is 0. The van der Waals surface area contributed by atoms with Gasteiger partial charge in [-0.1, -0.05) is 129 Å². The summed E-state index contributed by atoms with van der Waals surface area (Å²) in [6.07, 6.45) is 0. The van der Waals surface area contributed by atoms with E-state index in [1.54, 1.807) is 0 Å². The average molecular weight is 628 g/mol. The van der Waals surface area contributed by atoms with E-state index in [9.17, 15) is 0 Å². The minimum Gasteiger partial charge on any atom is -0.456 e. The van der Waals surface area contributed by atoms with Crippen LogP contribution in [-0.2, 0) is 5.41 Å². The molecule has 0 bridgehead atoms. The molecule has 2 nitrogen and oxygen atoms in total. The quantitative estimate of drug-likeness (QED) is 0.193. The molecule has 10 rings (SSSR count). The molecular weight excluding hydrogens is 595 g/mol. The predicted molar refractivity (Wildman–Crippen MR) is 206 cm³/mol. The van der Waals surface area contributed by atoms with Crippen LogP contribution in [0.1, 0.15) is 25.0 Å². The van der Waals surface area contributed by atoms with Crippen molar-refractivity contribution in [2.45, 2.75) is 19.3 Å². The van der Waals surface area contributed by atoms with E-state index in [0.29, 0.717) is 0 Å². The van der Waals surface area contributed by atoms with Crippen LogP contribution in [0.2, 0.25) is 0 Å². The monoisotopic (exact) mass is 627 g/mol. The van der Waals surface area contributed by atoms with E-state index >= 15 is 0 Å². The molecule has 0 atom stereocenters. The fourth-order valence-electron chi connectivity index (χ4n) is 8.21. The van der Waals surface area contributed by atoms with Gasteiger partial charge in [-0.25, -0.2) is 0 Å². The van der Waals surface area contributed by atoms with E-state index in [1.807, 2.05) is 6.07 Å². The number of hydrogen-bond donors (Lipinski definition) is 0. The van der Waals surface area contributed by atoms with Gasteiger partial charge in [0.2, 0.25) is 0 Å². The summed E-state index contributed by atoms with van der Waals surface area (Å²) in [5.41, 5.74) is 12.8. The number of anilines is 3. The number of hydrogen-bond acceptors (Lipinski definition) is 2. The van der Waals surface area contributed by atoms with Gasteiger partial charge in [0.05, 0.1) is 5.69 Å². The first-order valence-electron chi connectivity index (χ1n) is 17.0. The lowest BCUT2D eigenvalue weighted by atomic mass is 9.82. The molecule has 0 N–H and O–H groups in total. The summed E-state index contributed by atoms with van der Waals surface area (Å²) in [5, 5.41) is 7.17. The number of para-hydroxylation sites is 1. The second kappa shape index (κ2) is 10.4. The standard InChI is InChI=1S/C47H33NO/c1-47(2)40-17-7-5-15-37(40)46-41(47)18-10-19-42(46)48(35-14-9-13-33(28-35)34-22-21-30-11-3-4-12-32(30)27-34)36-25-23-31-24-26-44-45(39(31)29-36)38-16-6-8-20-43(38)49-44/h3-29H,1-2H3. The SMILES string of the molecule is CC1(C)c2ccccc2-c2c(N(c3cccc(-c4ccc5ccccc5c4)c3)c3ccc4ccc5oc6ccccc6c5c4c3)cccc21. The fraction of sp³-hybridized carbons (Fsp3) is 0.0638. The highest BCUT2D eigenvalue weighted by Crippen LogP contribution is 2.54. The molecule has 1 aliphatic carbocycles. The Hall–Kier alpha value is -6.12. The molecule has 0 saturated heterocycles. The molecule has 0 radical (unpaired) electrons. The first-order valence-corrected chi connectivity index (χ1v) is 17.0. The zero-order valence-electron chi connectivity index (χ0n) is 27.4. The maximum atomic E-state index is 6.33. The van der Waals surface area contributed by atoms with Crippen LogP contribution in [0, 0.1) is 0 Å². The van der Waals surface area contributed by atoms with Gasteiger partial charge in [-0.3, -0.25) is 0 Å². The van der Waals surface area contributed by atoms with Gasteiger partial charge in [0.15, 0.2) is 0 Å². The maximum Gasteiger partial charge on any atom is 0.136 e. The van der Waals surface area contributed by atoms with Gasteiger partial charge < -0.3 is 9.32 Å². The number of furan rings is 1. The molecule has 8 aromatic carbocycles. The van der Waals surface area contributed by atoms with Crippen LogP contribution in [0.25, 0.3) is 65.7 Å². The Labute approximate surface area is 285 Å². The molecule has 0 unspecified atom stereocenters. The zero-order chi connectivity index (χ0) is 32.7. The van der Waals surface area contributed by atoms with Crippen LogP contribution in [0.3, 0.4) is 0 Å². The minimum atomic E-state index is -0.105. The Morgan fingerprint density at radius 1 is 0.469 bits per heavy atom. The van der Waals surface area contributed by atoms with Gasteiger partial charge in [-0.05, 0) is 97.9 Å². The summed E-state index contributed by atoms with van der Waals surface area (Å²) in [7, 11) is 0. The average Bonchev–Trinajstić information content (AvgIpc) is 3.65. The van der Waals surface area contributed by atoms with Crippen molar-refractivity contribution in [3.05, 3.63) is 175 Å². The Balaban J connectivity index is 1.24. The molecule has 1 heterocycles. The lowest BCUT2D eigenvalue weighted by Crippen LogP contribution is -2.16. The first-order chi connectivity index (χ1) is 24.0. The third-order valence-corrected chi connectivity index (χ3v) is 10.6. The molecule has 232 valence electrons. The van der Waals surface area contributed by atoms with E-state index in [4.69, 9.17) is 4.42 Å². The van der Waals surface area contributed by atoms with Gasteiger partial charge >= 0.3 is 0 Å². The van der Waals surface area contributed by atoms with Crippen LogP contribution in [0.4, 0.5) is 17.1 Å². The fourth-order valence-corrected chi connectivity index (χ4v) is 8.21. The summed E-state index contributed by atoms with van der Waals surface area (Å²) < 4.78 is 6.33. The smallest absolute Gasteiger partial charge is 0.136 e. The zero-order valence-corrected chi connectivity index (χ0v) is 27.4. The Morgan fingerprint density at radius 3 is 2.12 bits per heavy atom. The minimum absolute atomic E-state index is 0.105. The van der Waals surface area contributed by atoms with Crippen LogP contribution in [0.15, 0.2) is 168 Å². The predicted octanol–water partition coefficient (Wildman–Crippen LogP) is 13.3. The van der Waals surface area contributed by atoms with Gasteiger partial charge in [0.25, 0.3) is 0 Å². The van der Waals surface area contributed by atoms with Gasteiger partial charge in [-0.15, -0.1) is 0 Å². The summed E-state index contributed by atoms with van der Waals surface area (Å²) in [6, 6.07) is 59.6. The maximum absolute atomic E-state index is 6.33. The molecular formula is C47H33NO. The molecule has 0 fully saturated rings. The number of fused-ring (bicyclic) bond motifs is 9. The third kappa shape index (κ3) is 4.20. The van der Waals surface area contributed by atoms with E-state index < -0.39 is 0 Å². The van der Waals surface area contributed by atoms with Gasteiger partial charge in [-0.2, -0.15) is 0 Å². The van der Waals surface area contributed by atoms with Crippen molar-refractivity contribution in [1.29, 1.82) is 0 Å². The lowest BCUT2D eigenvalue weighted by molar-refractivity contribution is 0.660. The number of nitrogens with zero attached hydrogens (tertiary/aromatic N) is 1. The topological polar surface area (TPSA) is 16.4 Å². The van der Waals surface area contributed by atoms with Crippen LogP contribution < -0.4 is 4.90 Å². The number of benzene rings is 8. The normalized spacial score (nSPS) is 13.3. The van der Waals surface area contributed by atoms with Crippen LogP contribution >= 0.6 is 0 Å². The molecule has 0 amide bonds. The van der Waals surface area contributed by atoms with Gasteiger partial charge in [0, 0.05) is 33.1 Å². The highest BCUT2D eigenvalue weighted by Gasteiger charge is 2.37. The highest BCUT2D eigenvalue weighted by atomic mass is 16.3. The second-order valence-electron chi connectivity index (χ2n) is 13.8. The largest absolute Gasteiger partial charge is 0.456 e. The van der Waals surface area contributed by atoms with E-state index in [2.05, 4.69) is 176 Å². The summed E-state index contributed by atoms with van der Waals surface area (Å²) in [6.45, 7) is 4.70. The summed E-state index contributed by atoms with van der Waals surface area (Å²) in [4.78, 5) is 2.46. The lowest BCUT2D eigenvalue weighted by Gasteiger charge is -2.29. The van der Waals surface area contributed by atoms with Crippen molar-refractivity contribution in [3.8, 4) is 22.3 Å². The van der Waals surface area contributed by atoms with Gasteiger partial charge in [0.1, 0.15) is 11.2 Å². The molecule has 0 saturated carbocycles. The highest BCUT2D eigenvalue weighted by molar-refractivity contribution is 6.19. The van der Waals surface area contributed by atoms with Crippen molar-refractivity contribution in [3.63, 3.8) is 0 Å². The van der Waals surface area contributed by atoms with Crippen molar-refractivity contribution in [2.75, 3.05) is 4.90 Å². The molecule has 0 aliphatic heterocycles. The van der Waals surface area contributed by atoms with Crippen LogP contribution in [0.5, 0.6) is 0 Å². The van der Waals surface area contributed by atoms with Crippen molar-refractivity contribution < 1.29 is 4.42 Å². The molecule has 2 heteroatoms. The van der Waals surface area contributed by atoms with Crippen LogP contribution in [-0.4, -0.2) is 0 Å². The van der Waals surface area contributed by atoms with Crippen molar-refractivity contribution >= 4 is 60.5 Å². The molecule has 9 aromatic rings. The Bertz CT molecular complexity index is 2770. The summed E-state index contributed by atoms with van der Waals surface area (Å²) in [5.74, 6) is 0. The Kier molecular flexibility index (Phi) is 5.95. The van der Waals surface area contributed by atoms with E-state index in [-0.39, 0.29) is 5.41 Å². The second-order valence-corrected chi connectivity index (χ2v) is 13.8. The molecule has 0 spiro atoms. The Morgan fingerprint density at radius 2 is 1.18 bits per heavy atom. The van der Waals surface area contributed by atoms with E-state index in [0.717, 1.165) is 33.3 Å². The van der Waals surface area contributed by atoms with Crippen molar-refractivity contribution in [1.82, 2.24) is 0 Å². The van der Waals surface area contributed by atoms with Crippen molar-refractivity contribution in [2.24, 2.45) is 0 Å². The van der Waals surface area contributed by atoms with E-state index in [1.165, 1.54) is 60.6 Å². The number of rotatable bonds is 4. The molecule has 1 aromatic heterocycles. The first kappa shape index (κ1) is 27.9. The third-order valence-electron chi connectivity index (χ3n) is 10.6. The molecule has 1 aliphatic rings.